The third-order valence-corrected chi connectivity index (χ3v) is 8.66. The Morgan fingerprint density at radius 1 is 0.767 bits per heavy atom. The molecule has 0 saturated heterocycles. The summed E-state index contributed by atoms with van der Waals surface area (Å²) in [5.41, 5.74) is 9.14. The number of thioether (sulfide) groups is 1. The number of sulfonamides is 1. The molecule has 3 N–H and O–H groups in total. The van der Waals surface area contributed by atoms with Gasteiger partial charge in [0.15, 0.2) is 11.0 Å². The van der Waals surface area contributed by atoms with Crippen molar-refractivity contribution >= 4 is 39.3 Å². The molecule has 0 spiro atoms. The smallest absolute Gasteiger partial charge is 0.269 e. The highest BCUT2D eigenvalue weighted by Gasteiger charge is 2.19. The lowest BCUT2D eigenvalue weighted by Crippen LogP contribution is -2.42. The first-order chi connectivity index (χ1) is 20.7. The topological polar surface area (TPSA) is 135 Å². The first-order valence-corrected chi connectivity index (χ1v) is 15.7. The van der Waals surface area contributed by atoms with Crippen molar-refractivity contribution < 1.29 is 18.0 Å². The molecule has 0 fully saturated rings. The molecule has 0 radical (unpaired) electrons. The molecule has 2 amide bonds. The zero-order valence-corrected chi connectivity index (χ0v) is 24.9. The van der Waals surface area contributed by atoms with Crippen LogP contribution in [0.5, 0.6) is 0 Å². The van der Waals surface area contributed by atoms with E-state index in [1.165, 1.54) is 0 Å². The van der Waals surface area contributed by atoms with Gasteiger partial charge >= 0.3 is 0 Å². The lowest BCUT2D eigenvalue weighted by molar-refractivity contribution is -0.119. The number of hydrogen-bond donors (Lipinski definition) is 3. The first kappa shape index (κ1) is 29.5. The molecular formula is C31H28N6O4S2. The Kier molecular flexibility index (Phi) is 8.88. The predicted molar refractivity (Wildman–Crippen MR) is 166 cm³/mol. The summed E-state index contributed by atoms with van der Waals surface area (Å²) in [5.74, 6) is -0.356. The largest absolute Gasteiger partial charge is 0.280 e. The Hall–Kier alpha value is -4.94. The number of carbonyl (C=O) groups excluding carboxylic acids is 2. The van der Waals surface area contributed by atoms with Gasteiger partial charge in [-0.25, -0.2) is 8.42 Å². The molecule has 0 bridgehead atoms. The van der Waals surface area contributed by atoms with Crippen molar-refractivity contribution in [3.63, 3.8) is 0 Å². The number of carbonyl (C=O) groups is 2. The zero-order chi connectivity index (χ0) is 30.4. The van der Waals surface area contributed by atoms with Gasteiger partial charge < -0.3 is 0 Å². The minimum absolute atomic E-state index is 0.0289. The van der Waals surface area contributed by atoms with Gasteiger partial charge in [-0.3, -0.25) is 29.7 Å². The Labute approximate surface area is 253 Å². The molecule has 0 aliphatic rings. The molecule has 5 aromatic rings. The van der Waals surface area contributed by atoms with E-state index in [1.54, 1.807) is 60.7 Å². The van der Waals surface area contributed by atoms with Gasteiger partial charge in [-0.2, -0.15) is 0 Å². The average molecular weight is 613 g/mol. The van der Waals surface area contributed by atoms with Crippen molar-refractivity contribution in [3.8, 4) is 17.1 Å². The molecule has 0 unspecified atom stereocenters. The van der Waals surface area contributed by atoms with E-state index in [1.807, 2.05) is 60.9 Å². The van der Waals surface area contributed by atoms with E-state index >= 15 is 0 Å². The van der Waals surface area contributed by atoms with Crippen molar-refractivity contribution in [2.45, 2.75) is 23.9 Å². The predicted octanol–water partition coefficient (Wildman–Crippen LogP) is 4.91. The molecule has 5 rings (SSSR count). The van der Waals surface area contributed by atoms with Gasteiger partial charge in [0.1, 0.15) is 0 Å². The number of nitrogens with one attached hydrogen (secondary N) is 3. The second-order valence-electron chi connectivity index (χ2n) is 9.63. The fourth-order valence-electron chi connectivity index (χ4n) is 4.05. The van der Waals surface area contributed by atoms with Crippen LogP contribution in [0.25, 0.3) is 17.1 Å². The standard InChI is InChI=1S/C31H28N6O4S2/c1-21-8-12-24(13-9-21)30(39)34-32-28(38)20-42-31-35-33-29(37(31)26-6-4-3-5-7-26)23-14-16-25(17-15-23)36-43(40,41)27-18-10-22(2)11-19-27/h3-19,36H,20H2,1-2H3,(H,32,38)(H,34,39). The van der Waals surface area contributed by atoms with Gasteiger partial charge in [-0.05, 0) is 74.5 Å². The first-order valence-electron chi connectivity index (χ1n) is 13.2. The van der Waals surface area contributed by atoms with E-state index in [-0.39, 0.29) is 10.6 Å². The monoisotopic (exact) mass is 612 g/mol. The summed E-state index contributed by atoms with van der Waals surface area (Å²) in [5, 5.41) is 9.15. The summed E-state index contributed by atoms with van der Waals surface area (Å²) in [6.07, 6.45) is 0. The number of hydrogen-bond acceptors (Lipinski definition) is 7. The van der Waals surface area contributed by atoms with E-state index in [0.717, 1.165) is 28.6 Å². The summed E-state index contributed by atoms with van der Waals surface area (Å²) in [6.45, 7) is 3.82. The van der Waals surface area contributed by atoms with Gasteiger partial charge in [-0.1, -0.05) is 65.4 Å². The third-order valence-electron chi connectivity index (χ3n) is 6.34. The molecule has 12 heteroatoms. The SMILES string of the molecule is Cc1ccc(C(=O)NNC(=O)CSc2nnc(-c3ccc(NS(=O)(=O)c4ccc(C)cc4)cc3)n2-c2ccccc2)cc1. The van der Waals surface area contributed by atoms with Crippen LogP contribution in [-0.2, 0) is 14.8 Å². The highest BCUT2D eigenvalue weighted by Crippen LogP contribution is 2.29. The molecule has 218 valence electrons. The van der Waals surface area contributed by atoms with Crippen LogP contribution in [0.1, 0.15) is 21.5 Å². The van der Waals surface area contributed by atoms with Crippen molar-refractivity contribution in [3.05, 3.63) is 120 Å². The van der Waals surface area contributed by atoms with Crippen LogP contribution in [0, 0.1) is 13.8 Å². The van der Waals surface area contributed by atoms with Crippen molar-refractivity contribution in [1.82, 2.24) is 25.6 Å². The Morgan fingerprint density at radius 3 is 2.05 bits per heavy atom. The molecule has 0 saturated carbocycles. The molecular weight excluding hydrogens is 585 g/mol. The van der Waals surface area contributed by atoms with Gasteiger partial charge in [0.25, 0.3) is 15.9 Å². The van der Waals surface area contributed by atoms with Gasteiger partial charge in [-0.15, -0.1) is 10.2 Å². The zero-order valence-electron chi connectivity index (χ0n) is 23.3. The van der Waals surface area contributed by atoms with Crippen LogP contribution in [0.2, 0.25) is 0 Å². The van der Waals surface area contributed by atoms with Gasteiger partial charge in [0.2, 0.25) is 5.91 Å². The number of rotatable bonds is 9. The maximum absolute atomic E-state index is 12.8. The Balaban J connectivity index is 1.30. The molecule has 0 atom stereocenters. The number of para-hydroxylation sites is 1. The quantitative estimate of drug-likeness (QED) is 0.159. The lowest BCUT2D eigenvalue weighted by atomic mass is 10.1. The molecule has 43 heavy (non-hydrogen) atoms. The van der Waals surface area contributed by atoms with Crippen LogP contribution in [0.15, 0.2) is 113 Å². The van der Waals surface area contributed by atoms with Crippen LogP contribution in [0.3, 0.4) is 0 Å². The molecule has 4 aromatic carbocycles. The average Bonchev–Trinajstić information content (AvgIpc) is 3.44. The minimum Gasteiger partial charge on any atom is -0.280 e. The molecule has 1 aromatic heterocycles. The number of aromatic nitrogens is 3. The Morgan fingerprint density at radius 2 is 1.40 bits per heavy atom. The summed E-state index contributed by atoms with van der Waals surface area (Å²) in [4.78, 5) is 25.0. The van der Waals surface area contributed by atoms with Crippen molar-refractivity contribution in [2.75, 3.05) is 10.5 Å². The normalized spacial score (nSPS) is 11.1. The third kappa shape index (κ3) is 7.29. The van der Waals surface area contributed by atoms with Crippen LogP contribution >= 0.6 is 11.8 Å². The summed E-state index contributed by atoms with van der Waals surface area (Å²) in [6, 6.07) is 29.8. The van der Waals surface area contributed by atoms with Crippen LogP contribution in [0.4, 0.5) is 5.69 Å². The molecule has 0 aliphatic carbocycles. The number of hydrazine groups is 1. The lowest BCUT2D eigenvalue weighted by Gasteiger charge is -2.12. The molecule has 1 heterocycles. The number of benzene rings is 4. The van der Waals surface area contributed by atoms with Gasteiger partial charge in [0.05, 0.1) is 10.6 Å². The van der Waals surface area contributed by atoms with E-state index in [0.29, 0.717) is 27.8 Å². The number of nitrogens with zero attached hydrogens (tertiary/aromatic N) is 3. The second-order valence-corrected chi connectivity index (χ2v) is 12.3. The number of amides is 2. The van der Waals surface area contributed by atoms with E-state index < -0.39 is 21.8 Å². The van der Waals surface area contributed by atoms with E-state index in [4.69, 9.17) is 0 Å². The molecule has 0 aliphatic heterocycles. The second kappa shape index (κ2) is 12.9. The van der Waals surface area contributed by atoms with E-state index in [9.17, 15) is 18.0 Å². The van der Waals surface area contributed by atoms with Gasteiger partial charge in [0, 0.05) is 22.5 Å². The van der Waals surface area contributed by atoms with Crippen LogP contribution < -0.4 is 15.6 Å². The summed E-state index contributed by atoms with van der Waals surface area (Å²) in [7, 11) is -3.75. The summed E-state index contributed by atoms with van der Waals surface area (Å²) < 4.78 is 30.0. The maximum atomic E-state index is 12.8. The highest BCUT2D eigenvalue weighted by molar-refractivity contribution is 7.99. The van der Waals surface area contributed by atoms with Crippen molar-refractivity contribution in [1.29, 1.82) is 0 Å². The molecule has 10 nitrogen and oxygen atoms in total. The number of anilines is 1. The summed E-state index contributed by atoms with van der Waals surface area (Å²) >= 11 is 1.16. The van der Waals surface area contributed by atoms with E-state index in [2.05, 4.69) is 25.8 Å². The fraction of sp³-hybridized carbons (Fsp3) is 0.0968. The number of aryl methyl sites for hydroxylation is 2. The Bertz CT molecular complexity index is 1840. The highest BCUT2D eigenvalue weighted by atomic mass is 32.2. The van der Waals surface area contributed by atoms with Crippen LogP contribution in [-0.4, -0.2) is 40.7 Å². The van der Waals surface area contributed by atoms with Crippen molar-refractivity contribution in [2.24, 2.45) is 0 Å². The fourth-order valence-corrected chi connectivity index (χ4v) is 5.86. The maximum Gasteiger partial charge on any atom is 0.269 e. The minimum atomic E-state index is -3.75.